The quantitative estimate of drug-likeness (QED) is 0.799. The highest BCUT2D eigenvalue weighted by atomic mass is 32.2. The van der Waals surface area contributed by atoms with Gasteiger partial charge in [-0.1, -0.05) is 18.2 Å². The van der Waals surface area contributed by atoms with Crippen molar-refractivity contribution in [2.24, 2.45) is 0 Å². The van der Waals surface area contributed by atoms with E-state index in [0.717, 1.165) is 16.2 Å². The molecule has 15 heavy (non-hydrogen) atoms. The lowest BCUT2D eigenvalue weighted by molar-refractivity contribution is -0.145. The molecule has 0 radical (unpaired) electrons. The Bertz CT molecular complexity index is 391. The molecule has 1 aromatic carbocycles. The first-order valence-corrected chi connectivity index (χ1v) is 5.76. The second-order valence-electron chi connectivity index (χ2n) is 3.64. The molecular weight excluding hydrogens is 212 g/mol. The van der Waals surface area contributed by atoms with Gasteiger partial charge in [-0.05, 0) is 23.8 Å². The Morgan fingerprint density at radius 3 is 2.87 bits per heavy atom. The molecule has 0 bridgehead atoms. The summed E-state index contributed by atoms with van der Waals surface area (Å²) in [6.07, 6.45) is 0.487. The van der Waals surface area contributed by atoms with Gasteiger partial charge < -0.3 is 10.2 Å². The minimum absolute atomic E-state index is 0.333. The molecule has 3 nitrogen and oxygen atoms in total. The summed E-state index contributed by atoms with van der Waals surface area (Å²) in [7, 11) is 0. The molecule has 80 valence electrons. The fraction of sp³-hybridized carbons (Fsp3) is 0.364. The summed E-state index contributed by atoms with van der Waals surface area (Å²) in [6, 6.07) is 7.41. The number of hydrogen-bond donors (Lipinski definition) is 2. The summed E-state index contributed by atoms with van der Waals surface area (Å²) in [6.45, 7) is -0.333. The number of aliphatic hydroxyl groups is 1. The van der Waals surface area contributed by atoms with Crippen molar-refractivity contribution < 1.29 is 15.0 Å². The van der Waals surface area contributed by atoms with Crippen LogP contribution in [0.3, 0.4) is 0 Å². The first-order chi connectivity index (χ1) is 7.20. The Morgan fingerprint density at radius 1 is 1.47 bits per heavy atom. The summed E-state index contributed by atoms with van der Waals surface area (Å²) in [5.74, 6) is -0.193. The molecule has 0 saturated carbocycles. The van der Waals surface area contributed by atoms with Gasteiger partial charge in [0.1, 0.15) is 5.41 Å². The molecule has 1 aliphatic rings. The number of fused-ring (bicyclic) bond motifs is 1. The predicted molar refractivity (Wildman–Crippen MR) is 58.2 cm³/mol. The molecule has 0 spiro atoms. The Kier molecular flexibility index (Phi) is 2.71. The summed E-state index contributed by atoms with van der Waals surface area (Å²) in [5, 5.41) is 18.6. The van der Waals surface area contributed by atoms with Gasteiger partial charge in [-0.15, -0.1) is 11.8 Å². The van der Waals surface area contributed by atoms with E-state index in [1.807, 2.05) is 18.2 Å². The van der Waals surface area contributed by atoms with Gasteiger partial charge in [0.05, 0.1) is 6.61 Å². The molecule has 1 unspecified atom stereocenters. The zero-order chi connectivity index (χ0) is 10.9. The van der Waals surface area contributed by atoms with Crippen LogP contribution in [0.5, 0.6) is 0 Å². The van der Waals surface area contributed by atoms with Crippen LogP contribution in [0.4, 0.5) is 0 Å². The second-order valence-corrected chi connectivity index (χ2v) is 4.78. The fourth-order valence-electron chi connectivity index (χ4n) is 1.91. The van der Waals surface area contributed by atoms with Crippen LogP contribution in [0, 0.1) is 0 Å². The third kappa shape index (κ3) is 1.54. The maximum atomic E-state index is 11.3. The van der Waals surface area contributed by atoms with Gasteiger partial charge in [-0.25, -0.2) is 0 Å². The second kappa shape index (κ2) is 3.87. The zero-order valence-corrected chi connectivity index (χ0v) is 8.96. The number of thioether (sulfide) groups is 1. The molecule has 0 aromatic heterocycles. The molecule has 1 aliphatic heterocycles. The number of carboxylic acid groups (broad SMARTS) is 1. The lowest BCUT2D eigenvalue weighted by Crippen LogP contribution is -2.42. The van der Waals surface area contributed by atoms with Crippen molar-refractivity contribution in [2.45, 2.75) is 16.7 Å². The Morgan fingerprint density at radius 2 is 2.20 bits per heavy atom. The van der Waals surface area contributed by atoms with Gasteiger partial charge in [-0.2, -0.15) is 0 Å². The van der Waals surface area contributed by atoms with Crippen molar-refractivity contribution in [2.75, 3.05) is 12.4 Å². The van der Waals surface area contributed by atoms with Gasteiger partial charge in [0, 0.05) is 4.90 Å². The van der Waals surface area contributed by atoms with Crippen LogP contribution < -0.4 is 0 Å². The number of rotatable bonds is 2. The van der Waals surface area contributed by atoms with Crippen LogP contribution in [-0.4, -0.2) is 28.5 Å². The van der Waals surface area contributed by atoms with Crippen LogP contribution in [-0.2, 0) is 10.2 Å². The van der Waals surface area contributed by atoms with Crippen molar-refractivity contribution in [3.8, 4) is 0 Å². The average molecular weight is 224 g/mol. The lowest BCUT2D eigenvalue weighted by Gasteiger charge is -2.33. The molecule has 1 atom stereocenters. The smallest absolute Gasteiger partial charge is 0.316 e. The molecular formula is C11H12O3S. The fourth-order valence-corrected chi connectivity index (χ4v) is 3.18. The Balaban J connectivity index is 2.57. The monoisotopic (exact) mass is 224 g/mol. The minimum atomic E-state index is -1.10. The van der Waals surface area contributed by atoms with E-state index >= 15 is 0 Å². The topological polar surface area (TPSA) is 57.5 Å². The highest BCUT2D eigenvalue weighted by Crippen LogP contribution is 2.41. The minimum Gasteiger partial charge on any atom is -0.481 e. The van der Waals surface area contributed by atoms with Crippen LogP contribution in [0.25, 0.3) is 0 Å². The SMILES string of the molecule is O=C(O)C1(CO)CCSc2ccccc21. The largest absolute Gasteiger partial charge is 0.481 e. The van der Waals surface area contributed by atoms with Crippen LogP contribution in [0.15, 0.2) is 29.2 Å². The summed E-state index contributed by atoms with van der Waals surface area (Å²) in [5.41, 5.74) is -0.349. The number of carboxylic acids is 1. The van der Waals surface area contributed by atoms with Crippen molar-refractivity contribution in [1.29, 1.82) is 0 Å². The standard InChI is InChI=1S/C11H12O3S/c12-7-11(10(13)14)5-6-15-9-4-2-1-3-8(9)11/h1-4,12H,5-7H2,(H,13,14). The van der Waals surface area contributed by atoms with Crippen molar-refractivity contribution in [3.63, 3.8) is 0 Å². The van der Waals surface area contributed by atoms with E-state index in [9.17, 15) is 15.0 Å². The van der Waals surface area contributed by atoms with Crippen LogP contribution in [0.2, 0.25) is 0 Å². The van der Waals surface area contributed by atoms with Gasteiger partial charge in [0.2, 0.25) is 0 Å². The molecule has 0 saturated heterocycles. The van der Waals surface area contributed by atoms with Crippen LogP contribution in [0.1, 0.15) is 12.0 Å². The van der Waals surface area contributed by atoms with Gasteiger partial charge in [0.25, 0.3) is 0 Å². The molecule has 0 fully saturated rings. The third-order valence-electron chi connectivity index (χ3n) is 2.87. The number of benzene rings is 1. The zero-order valence-electron chi connectivity index (χ0n) is 8.14. The van der Waals surface area contributed by atoms with E-state index in [0.29, 0.717) is 6.42 Å². The van der Waals surface area contributed by atoms with Crippen LogP contribution >= 0.6 is 11.8 Å². The molecule has 2 N–H and O–H groups in total. The van der Waals surface area contributed by atoms with Gasteiger partial charge >= 0.3 is 5.97 Å². The molecule has 0 aliphatic carbocycles. The molecule has 1 aromatic rings. The summed E-state index contributed by atoms with van der Waals surface area (Å²) < 4.78 is 0. The van der Waals surface area contributed by atoms with E-state index in [1.54, 1.807) is 17.8 Å². The Labute approximate surface area is 92.1 Å². The normalized spacial score (nSPS) is 24.6. The summed E-state index contributed by atoms with van der Waals surface area (Å²) in [4.78, 5) is 12.3. The molecule has 4 heteroatoms. The van der Waals surface area contributed by atoms with Crippen molar-refractivity contribution in [3.05, 3.63) is 29.8 Å². The number of hydrogen-bond acceptors (Lipinski definition) is 3. The molecule has 2 rings (SSSR count). The highest BCUT2D eigenvalue weighted by Gasteiger charge is 2.43. The van der Waals surface area contributed by atoms with E-state index < -0.39 is 11.4 Å². The molecule has 1 heterocycles. The lowest BCUT2D eigenvalue weighted by atomic mass is 9.78. The number of aliphatic hydroxyl groups excluding tert-OH is 1. The maximum absolute atomic E-state index is 11.3. The van der Waals surface area contributed by atoms with Crippen molar-refractivity contribution >= 4 is 17.7 Å². The number of aliphatic carboxylic acids is 1. The molecule has 0 amide bonds. The average Bonchev–Trinajstić information content (AvgIpc) is 2.28. The first kappa shape index (κ1) is 10.5. The van der Waals surface area contributed by atoms with E-state index in [-0.39, 0.29) is 6.61 Å². The first-order valence-electron chi connectivity index (χ1n) is 4.77. The van der Waals surface area contributed by atoms with Gasteiger partial charge in [0.15, 0.2) is 0 Å². The highest BCUT2D eigenvalue weighted by molar-refractivity contribution is 7.99. The maximum Gasteiger partial charge on any atom is 0.316 e. The third-order valence-corrected chi connectivity index (χ3v) is 3.94. The predicted octanol–water partition coefficient (Wildman–Crippen LogP) is 1.50. The van der Waals surface area contributed by atoms with Gasteiger partial charge in [-0.3, -0.25) is 4.79 Å². The van der Waals surface area contributed by atoms with E-state index in [4.69, 9.17) is 0 Å². The van der Waals surface area contributed by atoms with E-state index in [2.05, 4.69) is 0 Å². The summed E-state index contributed by atoms with van der Waals surface area (Å²) >= 11 is 1.65. The van der Waals surface area contributed by atoms with Crippen molar-refractivity contribution in [1.82, 2.24) is 0 Å². The van der Waals surface area contributed by atoms with E-state index in [1.165, 1.54) is 0 Å². The number of carbonyl (C=O) groups is 1. The Hall–Kier alpha value is -1.00.